The van der Waals surface area contributed by atoms with Crippen molar-refractivity contribution >= 4 is 23.6 Å². The number of carboxylic acids is 1. The molecule has 1 fully saturated rings. The lowest BCUT2D eigenvalue weighted by atomic mass is 9.93. The van der Waals surface area contributed by atoms with Gasteiger partial charge in [-0.25, -0.2) is 4.98 Å². The monoisotopic (exact) mass is 294 g/mol. The van der Waals surface area contributed by atoms with Crippen molar-refractivity contribution in [2.24, 2.45) is 5.92 Å². The van der Waals surface area contributed by atoms with Crippen LogP contribution in [-0.2, 0) is 4.79 Å². The highest BCUT2D eigenvalue weighted by Crippen LogP contribution is 2.24. The topological polar surface area (TPSA) is 70.5 Å². The maximum atomic E-state index is 12.5. The number of carbonyl (C=O) groups is 2. The number of rotatable bonds is 4. The average Bonchev–Trinajstić information content (AvgIpc) is 2.46. The van der Waals surface area contributed by atoms with E-state index in [1.54, 1.807) is 23.2 Å². The van der Waals surface area contributed by atoms with E-state index in [1.165, 1.54) is 11.8 Å². The fourth-order valence-electron chi connectivity index (χ4n) is 2.47. The number of hydrogen-bond donors (Lipinski definition) is 1. The van der Waals surface area contributed by atoms with Crippen LogP contribution in [-0.4, -0.2) is 46.2 Å². The molecule has 1 aliphatic heterocycles. The van der Waals surface area contributed by atoms with Crippen LogP contribution in [0.5, 0.6) is 0 Å². The lowest BCUT2D eigenvalue weighted by molar-refractivity contribution is -0.138. The van der Waals surface area contributed by atoms with Crippen LogP contribution in [0.4, 0.5) is 0 Å². The maximum Gasteiger partial charge on any atom is 0.303 e. The van der Waals surface area contributed by atoms with E-state index in [0.29, 0.717) is 18.7 Å². The quantitative estimate of drug-likeness (QED) is 0.861. The molecule has 1 N–H and O–H groups in total. The molecule has 0 spiro atoms. The van der Waals surface area contributed by atoms with Crippen molar-refractivity contribution in [1.82, 2.24) is 9.88 Å². The molecule has 0 atom stereocenters. The Bertz CT molecular complexity index is 499. The molecule has 0 aromatic carbocycles. The Morgan fingerprint density at radius 3 is 2.75 bits per heavy atom. The SMILES string of the molecule is CSc1ncccc1C(=O)N1CCC(CC(=O)O)CC1. The molecule has 0 aliphatic carbocycles. The predicted molar refractivity (Wildman–Crippen MR) is 76.9 cm³/mol. The summed E-state index contributed by atoms with van der Waals surface area (Å²) in [6, 6.07) is 3.56. The Hall–Kier alpha value is -1.56. The number of aromatic nitrogens is 1. The van der Waals surface area contributed by atoms with Gasteiger partial charge in [0.15, 0.2) is 0 Å². The molecule has 0 radical (unpaired) electrons. The van der Waals surface area contributed by atoms with Crippen molar-refractivity contribution in [2.45, 2.75) is 24.3 Å². The number of carbonyl (C=O) groups excluding carboxylic acids is 1. The van der Waals surface area contributed by atoms with Gasteiger partial charge in [-0.15, -0.1) is 11.8 Å². The molecule has 1 aliphatic rings. The highest BCUT2D eigenvalue weighted by Gasteiger charge is 2.26. The second-order valence-electron chi connectivity index (χ2n) is 4.89. The first-order valence-electron chi connectivity index (χ1n) is 6.62. The van der Waals surface area contributed by atoms with Gasteiger partial charge in [0.1, 0.15) is 5.03 Å². The Kier molecular flexibility index (Phi) is 5.00. The number of carboxylic acid groups (broad SMARTS) is 1. The zero-order valence-corrected chi connectivity index (χ0v) is 12.2. The van der Waals surface area contributed by atoms with Crippen LogP contribution in [0.15, 0.2) is 23.4 Å². The lowest BCUT2D eigenvalue weighted by Gasteiger charge is -2.31. The molecular formula is C14H18N2O3S. The van der Waals surface area contributed by atoms with E-state index in [2.05, 4.69) is 4.98 Å². The number of amides is 1. The number of nitrogens with zero attached hydrogens (tertiary/aromatic N) is 2. The van der Waals surface area contributed by atoms with Gasteiger partial charge in [0, 0.05) is 25.7 Å². The summed E-state index contributed by atoms with van der Waals surface area (Å²) in [7, 11) is 0. The summed E-state index contributed by atoms with van der Waals surface area (Å²) in [6.45, 7) is 1.25. The molecule has 1 aromatic heterocycles. The molecule has 20 heavy (non-hydrogen) atoms. The van der Waals surface area contributed by atoms with Gasteiger partial charge < -0.3 is 10.0 Å². The fourth-order valence-corrected chi connectivity index (χ4v) is 3.02. The van der Waals surface area contributed by atoms with E-state index >= 15 is 0 Å². The van der Waals surface area contributed by atoms with E-state index in [1.807, 2.05) is 6.26 Å². The van der Waals surface area contributed by atoms with Gasteiger partial charge in [0.25, 0.3) is 5.91 Å². The van der Waals surface area contributed by atoms with E-state index < -0.39 is 5.97 Å². The van der Waals surface area contributed by atoms with Gasteiger partial charge in [-0.05, 0) is 37.1 Å². The third kappa shape index (κ3) is 3.50. The van der Waals surface area contributed by atoms with Crippen LogP contribution in [0, 0.1) is 5.92 Å². The van der Waals surface area contributed by atoms with Crippen LogP contribution in [0.3, 0.4) is 0 Å². The number of piperidine rings is 1. The molecule has 0 unspecified atom stereocenters. The Morgan fingerprint density at radius 2 is 2.15 bits per heavy atom. The number of likely N-dealkylation sites (tertiary alicyclic amines) is 1. The van der Waals surface area contributed by atoms with Gasteiger partial charge in [-0.3, -0.25) is 9.59 Å². The summed E-state index contributed by atoms with van der Waals surface area (Å²) in [5.74, 6) is -0.576. The smallest absolute Gasteiger partial charge is 0.303 e. The summed E-state index contributed by atoms with van der Waals surface area (Å²) >= 11 is 1.46. The second-order valence-corrected chi connectivity index (χ2v) is 5.69. The summed E-state index contributed by atoms with van der Waals surface area (Å²) in [4.78, 5) is 29.2. The third-order valence-corrected chi connectivity index (χ3v) is 4.27. The third-order valence-electron chi connectivity index (χ3n) is 3.56. The highest BCUT2D eigenvalue weighted by molar-refractivity contribution is 7.98. The van der Waals surface area contributed by atoms with E-state index in [0.717, 1.165) is 17.9 Å². The Labute approximate surface area is 122 Å². The number of thioether (sulfide) groups is 1. The summed E-state index contributed by atoms with van der Waals surface area (Å²) < 4.78 is 0. The van der Waals surface area contributed by atoms with Crippen molar-refractivity contribution in [3.63, 3.8) is 0 Å². The molecule has 0 saturated carbocycles. The predicted octanol–water partition coefficient (Wildman–Crippen LogP) is 2.13. The van der Waals surface area contributed by atoms with Crippen LogP contribution >= 0.6 is 11.8 Å². The minimum atomic E-state index is -0.758. The van der Waals surface area contributed by atoms with Crippen molar-refractivity contribution < 1.29 is 14.7 Å². The van der Waals surface area contributed by atoms with Gasteiger partial charge in [0.2, 0.25) is 0 Å². The van der Waals surface area contributed by atoms with Gasteiger partial charge in [-0.2, -0.15) is 0 Å². The summed E-state index contributed by atoms with van der Waals surface area (Å²) in [6.07, 6.45) is 5.30. The van der Waals surface area contributed by atoms with Crippen molar-refractivity contribution in [1.29, 1.82) is 0 Å². The Balaban J connectivity index is 2.00. The molecule has 0 bridgehead atoms. The zero-order valence-electron chi connectivity index (χ0n) is 11.4. The van der Waals surface area contributed by atoms with Gasteiger partial charge >= 0.3 is 5.97 Å². The summed E-state index contributed by atoms with van der Waals surface area (Å²) in [5, 5.41) is 9.54. The van der Waals surface area contributed by atoms with Crippen LogP contribution in [0.2, 0.25) is 0 Å². The number of pyridine rings is 1. The first-order chi connectivity index (χ1) is 9.61. The molecule has 2 heterocycles. The molecule has 5 nitrogen and oxygen atoms in total. The van der Waals surface area contributed by atoms with E-state index in [4.69, 9.17) is 5.11 Å². The minimum Gasteiger partial charge on any atom is -0.481 e. The molecule has 1 aromatic rings. The van der Waals surface area contributed by atoms with Crippen LogP contribution in [0.1, 0.15) is 29.6 Å². The van der Waals surface area contributed by atoms with E-state index in [-0.39, 0.29) is 18.2 Å². The minimum absolute atomic E-state index is 0.00350. The molecule has 2 rings (SSSR count). The van der Waals surface area contributed by atoms with Crippen LogP contribution in [0.25, 0.3) is 0 Å². The first kappa shape index (κ1) is 14.8. The number of hydrogen-bond acceptors (Lipinski definition) is 4. The first-order valence-corrected chi connectivity index (χ1v) is 7.84. The van der Waals surface area contributed by atoms with Gasteiger partial charge in [0.05, 0.1) is 5.56 Å². The van der Waals surface area contributed by atoms with Gasteiger partial charge in [-0.1, -0.05) is 0 Å². The molecular weight excluding hydrogens is 276 g/mol. The molecule has 1 amide bonds. The standard InChI is InChI=1S/C14H18N2O3S/c1-20-13-11(3-2-6-15-13)14(19)16-7-4-10(5-8-16)9-12(17)18/h2-3,6,10H,4-5,7-9H2,1H3,(H,17,18). The summed E-state index contributed by atoms with van der Waals surface area (Å²) in [5.41, 5.74) is 0.636. The molecule has 6 heteroatoms. The van der Waals surface area contributed by atoms with Crippen LogP contribution < -0.4 is 0 Å². The molecule has 108 valence electrons. The fraction of sp³-hybridized carbons (Fsp3) is 0.500. The number of aliphatic carboxylic acids is 1. The normalized spacial score (nSPS) is 16.1. The van der Waals surface area contributed by atoms with E-state index in [9.17, 15) is 9.59 Å². The maximum absolute atomic E-state index is 12.5. The zero-order chi connectivity index (χ0) is 14.5. The highest BCUT2D eigenvalue weighted by atomic mass is 32.2. The van der Waals surface area contributed by atoms with Crippen molar-refractivity contribution in [3.05, 3.63) is 23.9 Å². The largest absolute Gasteiger partial charge is 0.481 e. The average molecular weight is 294 g/mol. The lowest BCUT2D eigenvalue weighted by Crippen LogP contribution is -2.39. The van der Waals surface area contributed by atoms with Crippen molar-refractivity contribution in [2.75, 3.05) is 19.3 Å². The second kappa shape index (κ2) is 6.74. The Morgan fingerprint density at radius 1 is 1.45 bits per heavy atom. The van der Waals surface area contributed by atoms with Crippen molar-refractivity contribution in [3.8, 4) is 0 Å². The molecule has 1 saturated heterocycles.